The van der Waals surface area contributed by atoms with Gasteiger partial charge < -0.3 is 15.4 Å². The van der Waals surface area contributed by atoms with E-state index < -0.39 is 36.1 Å². The Morgan fingerprint density at radius 2 is 1.30 bits per heavy atom. The first kappa shape index (κ1) is 28.1. The van der Waals surface area contributed by atoms with Crippen LogP contribution in [-0.4, -0.2) is 22.8 Å². The highest BCUT2D eigenvalue weighted by molar-refractivity contribution is 6.31. The van der Waals surface area contributed by atoms with Crippen LogP contribution < -0.4 is 5.73 Å². The number of ether oxygens (including phenoxy) is 1. The maximum absolute atomic E-state index is 14.3. The van der Waals surface area contributed by atoms with Crippen molar-refractivity contribution in [3.63, 3.8) is 0 Å². The van der Waals surface area contributed by atoms with E-state index in [0.717, 1.165) is 5.56 Å². The molecule has 9 heteroatoms. The van der Waals surface area contributed by atoms with Gasteiger partial charge in [-0.15, -0.1) is 0 Å². The molecule has 0 aromatic heterocycles. The Morgan fingerprint density at radius 3 is 1.82 bits per heavy atom. The van der Waals surface area contributed by atoms with Gasteiger partial charge in [0, 0.05) is 21.5 Å². The minimum Gasteiger partial charge on any atom is -0.368 e. The summed E-state index contributed by atoms with van der Waals surface area (Å²) >= 11 is 18.5. The number of nitrogens with zero attached hydrogens (tertiary/aromatic N) is 1. The van der Waals surface area contributed by atoms with Gasteiger partial charge in [0.1, 0.15) is 24.1 Å². The fourth-order valence-corrected chi connectivity index (χ4v) is 5.41. The van der Waals surface area contributed by atoms with E-state index in [4.69, 9.17) is 45.3 Å². The molecule has 1 heterocycles. The minimum atomic E-state index is -1.14. The van der Waals surface area contributed by atoms with E-state index in [1.165, 1.54) is 17.0 Å². The number of primary amides is 1. The van der Waals surface area contributed by atoms with Crippen LogP contribution in [0.15, 0.2) is 97.1 Å². The van der Waals surface area contributed by atoms with Crippen molar-refractivity contribution >= 4 is 46.6 Å². The normalized spacial score (nSPS) is 19.9. The molecule has 0 spiro atoms. The summed E-state index contributed by atoms with van der Waals surface area (Å²) in [5, 5.41) is 1.53. The lowest BCUT2D eigenvalue weighted by Crippen LogP contribution is -2.55. The van der Waals surface area contributed by atoms with E-state index in [1.807, 2.05) is 12.1 Å². The number of nitrogens with two attached hydrogens (primary N) is 1. The molecule has 5 rings (SSSR count). The van der Waals surface area contributed by atoms with Gasteiger partial charge >= 0.3 is 0 Å². The van der Waals surface area contributed by atoms with Gasteiger partial charge in [-0.25, -0.2) is 4.39 Å². The van der Waals surface area contributed by atoms with Crippen LogP contribution in [0.25, 0.3) is 0 Å². The Morgan fingerprint density at radius 1 is 0.800 bits per heavy atom. The second-order valence-electron chi connectivity index (χ2n) is 9.53. The van der Waals surface area contributed by atoms with E-state index in [1.54, 1.807) is 72.8 Å². The molecule has 0 saturated carbocycles. The molecule has 0 unspecified atom stereocenters. The largest absolute Gasteiger partial charge is 0.368 e. The van der Waals surface area contributed by atoms with Crippen molar-refractivity contribution < 1.29 is 18.7 Å². The fourth-order valence-electron chi connectivity index (χ4n) is 5.03. The molecule has 1 saturated heterocycles. The van der Waals surface area contributed by atoms with Gasteiger partial charge in [0.25, 0.3) is 5.91 Å². The number of carbonyl (C=O) groups excluding carboxylic acids is 2. The van der Waals surface area contributed by atoms with Crippen LogP contribution in [-0.2, 0) is 20.7 Å². The van der Waals surface area contributed by atoms with Gasteiger partial charge in [-0.2, -0.15) is 0 Å². The van der Waals surface area contributed by atoms with Gasteiger partial charge in [0.15, 0.2) is 0 Å². The smallest absolute Gasteiger partial charge is 0.253 e. The zero-order valence-corrected chi connectivity index (χ0v) is 23.3. The molecule has 40 heavy (non-hydrogen) atoms. The lowest BCUT2D eigenvalue weighted by molar-refractivity contribution is -0.181. The van der Waals surface area contributed by atoms with Crippen LogP contribution in [0.2, 0.25) is 15.1 Å². The number of morpholine rings is 1. The van der Waals surface area contributed by atoms with Crippen LogP contribution in [0.1, 0.15) is 40.4 Å². The number of benzene rings is 4. The Balaban J connectivity index is 1.68. The summed E-state index contributed by atoms with van der Waals surface area (Å²) in [7, 11) is 0. The standard InChI is InChI=1S/C31H24Cl3FN2O3/c32-22-9-3-19(4-10-22)27-29(21-7-13-24(34)14-8-21)40-26(17-18-1-15-25(35)16-2-18)31(39)37(27)28(30(36)38)20-5-11-23(33)12-6-20/h1-16,26-29H,17H2,(H2,36,38)/t26-,27+,28+,29-/m0/s1. The highest BCUT2D eigenvalue weighted by Crippen LogP contribution is 2.46. The fraction of sp³-hybridized carbons (Fsp3) is 0.161. The number of halogens is 4. The van der Waals surface area contributed by atoms with Gasteiger partial charge in [0.05, 0.1) is 6.04 Å². The molecule has 2 N–H and O–H groups in total. The Labute approximate surface area is 246 Å². The quantitative estimate of drug-likeness (QED) is 0.244. The number of hydrogen-bond donors (Lipinski definition) is 1. The first-order valence-corrected chi connectivity index (χ1v) is 13.6. The Hall–Kier alpha value is -3.42. The highest BCUT2D eigenvalue weighted by atomic mass is 35.5. The molecule has 0 radical (unpaired) electrons. The van der Waals surface area contributed by atoms with Crippen molar-refractivity contribution in [1.82, 2.24) is 4.90 Å². The summed E-state index contributed by atoms with van der Waals surface area (Å²) in [6, 6.07) is 24.7. The molecule has 0 bridgehead atoms. The van der Waals surface area contributed by atoms with E-state index in [0.29, 0.717) is 31.8 Å². The highest BCUT2D eigenvalue weighted by Gasteiger charge is 2.48. The summed E-state index contributed by atoms with van der Waals surface area (Å²) in [4.78, 5) is 28.9. The van der Waals surface area contributed by atoms with Crippen LogP contribution >= 0.6 is 34.8 Å². The van der Waals surface area contributed by atoms with Gasteiger partial charge in [-0.1, -0.05) is 83.3 Å². The SMILES string of the molecule is NC(=O)[C@@H](c1ccc(Cl)cc1)N1C(=O)[C@H](Cc2ccc(F)cc2)O[C@@H](c2ccc(Cl)cc2)[C@H]1c1ccc(Cl)cc1. The van der Waals surface area contributed by atoms with Crippen molar-refractivity contribution in [1.29, 1.82) is 0 Å². The second kappa shape index (κ2) is 12.0. The monoisotopic (exact) mass is 596 g/mol. The van der Waals surface area contributed by atoms with Crippen molar-refractivity contribution in [3.05, 3.63) is 140 Å². The van der Waals surface area contributed by atoms with E-state index >= 15 is 0 Å². The summed E-state index contributed by atoms with van der Waals surface area (Å²) in [6.45, 7) is 0. The zero-order chi connectivity index (χ0) is 28.4. The average Bonchev–Trinajstić information content (AvgIpc) is 2.94. The molecule has 0 aliphatic carbocycles. The minimum absolute atomic E-state index is 0.152. The van der Waals surface area contributed by atoms with Crippen molar-refractivity contribution in [2.45, 2.75) is 30.7 Å². The maximum Gasteiger partial charge on any atom is 0.253 e. The summed E-state index contributed by atoms with van der Waals surface area (Å²) in [6.07, 6.45) is -1.56. The average molecular weight is 598 g/mol. The van der Waals surface area contributed by atoms with Gasteiger partial charge in [0.2, 0.25) is 5.91 Å². The van der Waals surface area contributed by atoms with Crippen LogP contribution in [0.4, 0.5) is 4.39 Å². The number of amides is 2. The van der Waals surface area contributed by atoms with Gasteiger partial charge in [-0.05, 0) is 70.8 Å². The maximum atomic E-state index is 14.3. The molecule has 5 nitrogen and oxygen atoms in total. The van der Waals surface area contributed by atoms with E-state index in [-0.39, 0.29) is 12.2 Å². The zero-order valence-electron chi connectivity index (χ0n) is 21.0. The molecular formula is C31H24Cl3FN2O3. The van der Waals surface area contributed by atoms with Crippen molar-refractivity contribution in [2.24, 2.45) is 5.73 Å². The topological polar surface area (TPSA) is 72.6 Å². The first-order valence-electron chi connectivity index (χ1n) is 12.5. The third kappa shape index (κ3) is 6.01. The number of carbonyl (C=O) groups is 2. The molecular weight excluding hydrogens is 574 g/mol. The molecule has 2 amide bonds. The molecule has 1 aliphatic rings. The van der Waals surface area contributed by atoms with Crippen LogP contribution in [0.5, 0.6) is 0 Å². The summed E-state index contributed by atoms with van der Waals surface area (Å²) < 4.78 is 20.1. The molecule has 4 aromatic carbocycles. The molecule has 1 fully saturated rings. The van der Waals surface area contributed by atoms with Crippen molar-refractivity contribution in [2.75, 3.05) is 0 Å². The first-order chi connectivity index (χ1) is 19.2. The van der Waals surface area contributed by atoms with Crippen molar-refractivity contribution in [3.8, 4) is 0 Å². The summed E-state index contributed by atoms with van der Waals surface area (Å²) in [5.41, 5.74) is 8.63. The van der Waals surface area contributed by atoms with Gasteiger partial charge in [-0.3, -0.25) is 9.59 Å². The van der Waals surface area contributed by atoms with Crippen LogP contribution in [0, 0.1) is 5.82 Å². The lowest BCUT2D eigenvalue weighted by atomic mass is 9.88. The summed E-state index contributed by atoms with van der Waals surface area (Å²) in [5.74, 6) is -1.54. The van der Waals surface area contributed by atoms with E-state index in [2.05, 4.69) is 0 Å². The predicted molar refractivity (Wildman–Crippen MR) is 154 cm³/mol. The predicted octanol–water partition coefficient (Wildman–Crippen LogP) is 7.27. The Kier molecular flexibility index (Phi) is 8.43. The third-order valence-corrected chi connectivity index (χ3v) is 7.66. The Bertz CT molecular complexity index is 1500. The molecule has 1 aliphatic heterocycles. The lowest BCUT2D eigenvalue weighted by Gasteiger charge is -2.47. The number of rotatable bonds is 7. The molecule has 4 atom stereocenters. The molecule has 4 aromatic rings. The third-order valence-electron chi connectivity index (χ3n) is 6.91. The molecule has 204 valence electrons. The number of hydrogen-bond acceptors (Lipinski definition) is 3. The second-order valence-corrected chi connectivity index (χ2v) is 10.8. The van der Waals surface area contributed by atoms with Crippen LogP contribution in [0.3, 0.4) is 0 Å². The van der Waals surface area contributed by atoms with E-state index in [9.17, 15) is 14.0 Å².